The standard InChI is InChI=1S/C14H10ClN3O2S/c1-2-5-18-13(20)11(17-14(18)21)10-8-6-7(15)3-4-9(8)16-12(10)19/h2-4,6,20H,1,5H2,(H,17,21). The summed E-state index contributed by atoms with van der Waals surface area (Å²) in [6.45, 7) is 3.94. The molecule has 0 aliphatic carbocycles. The zero-order chi connectivity index (χ0) is 15.1. The molecule has 106 valence electrons. The number of halogens is 1. The number of nitrogens with one attached hydrogen (secondary N) is 1. The minimum atomic E-state index is -0.440. The summed E-state index contributed by atoms with van der Waals surface area (Å²) < 4.78 is 1.75. The third kappa shape index (κ3) is 2.12. The Bertz CT molecular complexity index is 956. The third-order valence-corrected chi connectivity index (χ3v) is 3.74. The largest absolute Gasteiger partial charge is 0.493 e. The van der Waals surface area contributed by atoms with Gasteiger partial charge in [-0.25, -0.2) is 4.99 Å². The molecule has 1 aliphatic rings. The molecule has 0 fully saturated rings. The van der Waals surface area contributed by atoms with Gasteiger partial charge in [-0.3, -0.25) is 9.36 Å². The minimum Gasteiger partial charge on any atom is -0.493 e. The molecule has 0 spiro atoms. The van der Waals surface area contributed by atoms with Crippen molar-refractivity contribution >= 4 is 35.3 Å². The number of rotatable bonds is 3. The molecule has 1 aromatic carbocycles. The van der Waals surface area contributed by atoms with E-state index >= 15 is 0 Å². The maximum atomic E-state index is 12.1. The number of aromatic nitrogens is 2. The van der Waals surface area contributed by atoms with Crippen molar-refractivity contribution in [2.45, 2.75) is 6.54 Å². The van der Waals surface area contributed by atoms with Crippen molar-refractivity contribution in [3.05, 3.63) is 56.9 Å². The first-order valence-electron chi connectivity index (χ1n) is 6.09. The van der Waals surface area contributed by atoms with Gasteiger partial charge >= 0.3 is 0 Å². The van der Waals surface area contributed by atoms with Gasteiger partial charge < -0.3 is 10.1 Å². The van der Waals surface area contributed by atoms with Crippen molar-refractivity contribution < 1.29 is 9.90 Å². The number of benzene rings is 1. The van der Waals surface area contributed by atoms with Crippen LogP contribution in [-0.2, 0) is 11.3 Å². The molecule has 0 saturated carbocycles. The van der Waals surface area contributed by atoms with Gasteiger partial charge in [-0.15, -0.1) is 6.58 Å². The first kappa shape index (κ1) is 13.8. The minimum absolute atomic E-state index is 0.119. The average Bonchev–Trinajstić information content (AvgIpc) is 2.89. The fraction of sp³-hybridized carbons (Fsp3) is 0.0714. The Balaban J connectivity index is 2.36. The van der Waals surface area contributed by atoms with E-state index in [0.717, 1.165) is 0 Å². The fourth-order valence-electron chi connectivity index (χ4n) is 2.26. The molecule has 0 atom stereocenters. The van der Waals surface area contributed by atoms with E-state index in [4.69, 9.17) is 23.8 Å². The van der Waals surface area contributed by atoms with Gasteiger partial charge in [0, 0.05) is 16.8 Å². The summed E-state index contributed by atoms with van der Waals surface area (Å²) in [5, 5.41) is 11.9. The lowest BCUT2D eigenvalue weighted by molar-refractivity contribution is -0.112. The summed E-state index contributed by atoms with van der Waals surface area (Å²) in [5.41, 5.74) is 0.510. The van der Waals surface area contributed by atoms with E-state index in [9.17, 15) is 9.90 Å². The number of fused-ring (bicyclic) bond motifs is 1. The van der Waals surface area contributed by atoms with E-state index in [1.165, 1.54) is 4.57 Å². The Morgan fingerprint density at radius 3 is 3.00 bits per heavy atom. The van der Waals surface area contributed by atoms with Crippen molar-refractivity contribution in [1.29, 1.82) is 0 Å². The maximum absolute atomic E-state index is 12.1. The molecular weight excluding hydrogens is 310 g/mol. The smallest absolute Gasteiger partial charge is 0.280 e. The Morgan fingerprint density at radius 2 is 2.29 bits per heavy atom. The van der Waals surface area contributed by atoms with Crippen LogP contribution >= 0.6 is 23.8 Å². The van der Waals surface area contributed by atoms with Crippen LogP contribution in [0.25, 0.3) is 5.57 Å². The highest BCUT2D eigenvalue weighted by atomic mass is 35.5. The molecule has 1 aliphatic heterocycles. The molecule has 5 nitrogen and oxygen atoms in total. The van der Waals surface area contributed by atoms with E-state index in [-0.39, 0.29) is 17.1 Å². The van der Waals surface area contributed by atoms with Gasteiger partial charge in [0.25, 0.3) is 5.91 Å². The second-order valence-corrected chi connectivity index (χ2v) is 5.30. The first-order valence-corrected chi connectivity index (χ1v) is 6.87. The van der Waals surface area contributed by atoms with Crippen LogP contribution in [0.3, 0.4) is 0 Å². The SMILES string of the molecule is C=CCn1c(O)c(C2=c3cc(Cl)ccc3=NC2=O)[nH]c1=S. The van der Waals surface area contributed by atoms with Gasteiger partial charge in [-0.2, -0.15) is 0 Å². The molecule has 0 unspecified atom stereocenters. The number of hydrogen-bond acceptors (Lipinski definition) is 3. The van der Waals surface area contributed by atoms with Crippen LogP contribution in [0.1, 0.15) is 5.69 Å². The summed E-state index contributed by atoms with van der Waals surface area (Å²) in [4.78, 5) is 18.9. The summed E-state index contributed by atoms with van der Waals surface area (Å²) in [6, 6.07) is 4.96. The van der Waals surface area contributed by atoms with Crippen LogP contribution in [0, 0.1) is 4.77 Å². The number of H-pyrrole nitrogens is 1. The normalized spacial score (nSPS) is 13.2. The van der Waals surface area contributed by atoms with E-state index in [1.54, 1.807) is 24.3 Å². The highest BCUT2D eigenvalue weighted by molar-refractivity contribution is 7.71. The van der Waals surface area contributed by atoms with Crippen molar-refractivity contribution in [2.75, 3.05) is 0 Å². The summed E-state index contributed by atoms with van der Waals surface area (Å²) in [6.07, 6.45) is 1.60. The lowest BCUT2D eigenvalue weighted by atomic mass is 10.1. The van der Waals surface area contributed by atoms with Crippen molar-refractivity contribution in [3.63, 3.8) is 0 Å². The van der Waals surface area contributed by atoms with Crippen molar-refractivity contribution in [2.24, 2.45) is 4.99 Å². The van der Waals surface area contributed by atoms with Crippen molar-refractivity contribution in [1.82, 2.24) is 9.55 Å². The van der Waals surface area contributed by atoms with E-state index in [2.05, 4.69) is 16.6 Å². The molecule has 2 heterocycles. The maximum Gasteiger partial charge on any atom is 0.280 e. The quantitative estimate of drug-likeness (QED) is 0.664. The van der Waals surface area contributed by atoms with Crippen molar-refractivity contribution in [3.8, 4) is 5.88 Å². The van der Waals surface area contributed by atoms with E-state index in [0.29, 0.717) is 26.9 Å². The second-order valence-electron chi connectivity index (χ2n) is 4.48. The summed E-state index contributed by atoms with van der Waals surface area (Å²) in [7, 11) is 0. The van der Waals surface area contributed by atoms with Gasteiger partial charge in [0.15, 0.2) is 4.77 Å². The summed E-state index contributed by atoms with van der Waals surface area (Å²) >= 11 is 11.1. The lowest BCUT2D eigenvalue weighted by Gasteiger charge is -2.01. The summed E-state index contributed by atoms with van der Waals surface area (Å²) in [5.74, 6) is -0.559. The van der Waals surface area contributed by atoms with Crippen LogP contribution in [0.2, 0.25) is 5.02 Å². The Labute approximate surface area is 129 Å². The zero-order valence-corrected chi connectivity index (χ0v) is 12.3. The van der Waals surface area contributed by atoms with Crippen LogP contribution < -0.4 is 10.6 Å². The number of allylic oxidation sites excluding steroid dienone is 1. The molecule has 1 amide bonds. The van der Waals surface area contributed by atoms with Crippen LogP contribution in [0.15, 0.2) is 35.8 Å². The van der Waals surface area contributed by atoms with Gasteiger partial charge in [-0.1, -0.05) is 17.7 Å². The lowest BCUT2D eigenvalue weighted by Crippen LogP contribution is -2.23. The monoisotopic (exact) mass is 319 g/mol. The third-order valence-electron chi connectivity index (χ3n) is 3.18. The topological polar surface area (TPSA) is 70.4 Å². The van der Waals surface area contributed by atoms with Gasteiger partial charge in [0.2, 0.25) is 5.88 Å². The van der Waals surface area contributed by atoms with Crippen LogP contribution in [-0.4, -0.2) is 20.6 Å². The number of aromatic hydroxyl groups is 1. The molecule has 7 heteroatoms. The Morgan fingerprint density at radius 1 is 1.52 bits per heavy atom. The van der Waals surface area contributed by atoms with Gasteiger partial charge in [0.1, 0.15) is 5.69 Å². The number of hydrogen-bond donors (Lipinski definition) is 2. The molecule has 2 N–H and O–H groups in total. The number of carbonyl (C=O) groups excluding carboxylic acids is 1. The molecule has 21 heavy (non-hydrogen) atoms. The van der Waals surface area contributed by atoms with Gasteiger partial charge in [-0.05, 0) is 30.4 Å². The average molecular weight is 320 g/mol. The number of carbonyl (C=O) groups is 1. The van der Waals surface area contributed by atoms with Crippen LogP contribution in [0.4, 0.5) is 0 Å². The highest BCUT2D eigenvalue weighted by Crippen LogP contribution is 2.25. The number of imidazole rings is 1. The molecule has 0 radical (unpaired) electrons. The second kappa shape index (κ2) is 4.98. The Hall–Kier alpha value is -2.18. The fourth-order valence-corrected chi connectivity index (χ4v) is 2.70. The number of amides is 1. The predicted molar refractivity (Wildman–Crippen MR) is 81.2 cm³/mol. The van der Waals surface area contributed by atoms with E-state index < -0.39 is 5.91 Å². The molecule has 3 rings (SSSR count). The molecular formula is C14H10ClN3O2S. The molecule has 0 saturated heterocycles. The number of aromatic amines is 1. The zero-order valence-electron chi connectivity index (χ0n) is 10.8. The van der Waals surface area contributed by atoms with Crippen LogP contribution in [0.5, 0.6) is 5.88 Å². The molecule has 0 bridgehead atoms. The first-order chi connectivity index (χ1) is 10.0. The highest BCUT2D eigenvalue weighted by Gasteiger charge is 2.24. The number of nitrogens with zero attached hydrogens (tertiary/aromatic N) is 2. The van der Waals surface area contributed by atoms with Gasteiger partial charge in [0.05, 0.1) is 10.9 Å². The molecule has 1 aromatic heterocycles. The predicted octanol–water partition coefficient (Wildman–Crippen LogP) is 1.45. The van der Waals surface area contributed by atoms with E-state index in [1.807, 2.05) is 0 Å². The molecule has 2 aromatic rings. The Kier molecular flexibility index (Phi) is 3.27.